The standard InChI is InChI=1S/C18H26N2O/c1-15-13-20-12-4-6-17(20)14-19(15)11-3-5-16-7-9-18(21-2)10-8-16/h3,5,7-10,15,17H,4,6,11-14H2,1-2H3/b5-3+/t15-,17+/m1/s1. The first-order chi connectivity index (χ1) is 10.3. The quantitative estimate of drug-likeness (QED) is 0.846. The Balaban J connectivity index is 1.54. The molecule has 21 heavy (non-hydrogen) atoms. The van der Waals surface area contributed by atoms with E-state index in [2.05, 4.69) is 41.0 Å². The normalized spacial score (nSPS) is 27.1. The average molecular weight is 286 g/mol. The fourth-order valence-corrected chi connectivity index (χ4v) is 3.54. The van der Waals surface area contributed by atoms with Gasteiger partial charge >= 0.3 is 0 Å². The molecule has 1 aromatic rings. The van der Waals surface area contributed by atoms with Gasteiger partial charge in [-0.3, -0.25) is 9.80 Å². The van der Waals surface area contributed by atoms with E-state index in [9.17, 15) is 0 Å². The number of methoxy groups -OCH3 is 1. The van der Waals surface area contributed by atoms with E-state index in [0.717, 1.165) is 18.3 Å². The van der Waals surface area contributed by atoms with E-state index in [1.54, 1.807) is 7.11 Å². The molecule has 2 heterocycles. The lowest BCUT2D eigenvalue weighted by molar-refractivity contribution is 0.0686. The predicted octanol–water partition coefficient (Wildman–Crippen LogP) is 2.88. The van der Waals surface area contributed by atoms with Crippen molar-refractivity contribution in [2.24, 2.45) is 0 Å². The Morgan fingerprint density at radius 3 is 2.81 bits per heavy atom. The summed E-state index contributed by atoms with van der Waals surface area (Å²) >= 11 is 0. The molecular formula is C18H26N2O. The van der Waals surface area contributed by atoms with Crippen molar-refractivity contribution in [1.29, 1.82) is 0 Å². The second kappa shape index (κ2) is 6.63. The fraction of sp³-hybridized carbons (Fsp3) is 0.556. The van der Waals surface area contributed by atoms with Crippen LogP contribution in [0.4, 0.5) is 0 Å². The van der Waals surface area contributed by atoms with Crippen molar-refractivity contribution >= 4 is 6.08 Å². The van der Waals surface area contributed by atoms with E-state index in [-0.39, 0.29) is 0 Å². The van der Waals surface area contributed by atoms with Crippen LogP contribution in [0.15, 0.2) is 30.3 Å². The van der Waals surface area contributed by atoms with Crippen LogP contribution in [0, 0.1) is 0 Å². The number of hydrogen-bond acceptors (Lipinski definition) is 3. The van der Waals surface area contributed by atoms with Gasteiger partial charge in [0.05, 0.1) is 7.11 Å². The summed E-state index contributed by atoms with van der Waals surface area (Å²) in [5.74, 6) is 0.915. The smallest absolute Gasteiger partial charge is 0.118 e. The first-order valence-electron chi connectivity index (χ1n) is 8.05. The number of ether oxygens (including phenoxy) is 1. The fourth-order valence-electron chi connectivity index (χ4n) is 3.54. The molecule has 3 nitrogen and oxygen atoms in total. The highest BCUT2D eigenvalue weighted by molar-refractivity contribution is 5.50. The largest absolute Gasteiger partial charge is 0.497 e. The summed E-state index contributed by atoms with van der Waals surface area (Å²) in [5.41, 5.74) is 1.24. The lowest BCUT2D eigenvalue weighted by atomic mass is 10.1. The molecule has 0 aromatic heterocycles. The van der Waals surface area contributed by atoms with Crippen molar-refractivity contribution in [2.75, 3.05) is 33.3 Å². The van der Waals surface area contributed by atoms with Gasteiger partial charge in [-0.05, 0) is 44.0 Å². The second-order valence-corrected chi connectivity index (χ2v) is 6.27. The molecule has 0 radical (unpaired) electrons. The van der Waals surface area contributed by atoms with Crippen LogP contribution in [-0.4, -0.2) is 55.2 Å². The van der Waals surface area contributed by atoms with Crippen LogP contribution in [0.3, 0.4) is 0 Å². The van der Waals surface area contributed by atoms with Gasteiger partial charge in [0.15, 0.2) is 0 Å². The Morgan fingerprint density at radius 1 is 1.24 bits per heavy atom. The molecule has 3 rings (SSSR count). The summed E-state index contributed by atoms with van der Waals surface area (Å²) in [5, 5.41) is 0. The van der Waals surface area contributed by atoms with Gasteiger partial charge in [-0.25, -0.2) is 0 Å². The Labute approximate surface area is 128 Å². The number of benzene rings is 1. The minimum absolute atomic E-state index is 0.667. The van der Waals surface area contributed by atoms with Crippen molar-refractivity contribution in [1.82, 2.24) is 9.80 Å². The second-order valence-electron chi connectivity index (χ2n) is 6.27. The van der Waals surface area contributed by atoms with Gasteiger partial charge in [0.2, 0.25) is 0 Å². The van der Waals surface area contributed by atoms with E-state index in [4.69, 9.17) is 4.74 Å². The molecule has 114 valence electrons. The van der Waals surface area contributed by atoms with Crippen molar-refractivity contribution in [3.8, 4) is 5.75 Å². The molecule has 0 amide bonds. The zero-order chi connectivity index (χ0) is 14.7. The molecular weight excluding hydrogens is 260 g/mol. The zero-order valence-corrected chi connectivity index (χ0v) is 13.2. The molecule has 2 atom stereocenters. The molecule has 0 unspecified atom stereocenters. The molecule has 2 fully saturated rings. The average Bonchev–Trinajstić information content (AvgIpc) is 2.95. The summed E-state index contributed by atoms with van der Waals surface area (Å²) in [7, 11) is 1.70. The molecule has 2 aliphatic heterocycles. The van der Waals surface area contributed by atoms with Crippen LogP contribution >= 0.6 is 0 Å². The van der Waals surface area contributed by atoms with Crippen molar-refractivity contribution in [3.05, 3.63) is 35.9 Å². The Bertz CT molecular complexity index is 482. The topological polar surface area (TPSA) is 15.7 Å². The molecule has 2 saturated heterocycles. The predicted molar refractivity (Wildman–Crippen MR) is 87.7 cm³/mol. The maximum atomic E-state index is 5.19. The van der Waals surface area contributed by atoms with Crippen LogP contribution < -0.4 is 4.74 Å². The number of fused-ring (bicyclic) bond motifs is 1. The summed E-state index contributed by atoms with van der Waals surface area (Å²) in [6.07, 6.45) is 7.27. The number of nitrogens with zero attached hydrogens (tertiary/aromatic N) is 2. The number of rotatable bonds is 4. The number of piperazine rings is 1. The van der Waals surface area contributed by atoms with Gasteiger partial charge < -0.3 is 4.74 Å². The highest BCUT2D eigenvalue weighted by atomic mass is 16.5. The highest BCUT2D eigenvalue weighted by Crippen LogP contribution is 2.24. The highest BCUT2D eigenvalue weighted by Gasteiger charge is 2.33. The van der Waals surface area contributed by atoms with E-state index in [0.29, 0.717) is 6.04 Å². The van der Waals surface area contributed by atoms with Crippen LogP contribution in [0.1, 0.15) is 25.3 Å². The van der Waals surface area contributed by atoms with Crippen LogP contribution in [-0.2, 0) is 0 Å². The molecule has 3 heteroatoms. The summed E-state index contributed by atoms with van der Waals surface area (Å²) in [6, 6.07) is 9.70. The van der Waals surface area contributed by atoms with Gasteiger partial charge in [-0.1, -0.05) is 24.3 Å². The Hall–Kier alpha value is -1.32. The van der Waals surface area contributed by atoms with E-state index in [1.165, 1.54) is 38.0 Å². The Kier molecular flexibility index (Phi) is 4.61. The van der Waals surface area contributed by atoms with Gasteiger partial charge in [0.1, 0.15) is 5.75 Å². The molecule has 0 N–H and O–H groups in total. The summed E-state index contributed by atoms with van der Waals surface area (Å²) in [6.45, 7) is 7.19. The molecule has 0 bridgehead atoms. The summed E-state index contributed by atoms with van der Waals surface area (Å²) < 4.78 is 5.19. The van der Waals surface area contributed by atoms with Crippen LogP contribution in [0.25, 0.3) is 6.08 Å². The summed E-state index contributed by atoms with van der Waals surface area (Å²) in [4.78, 5) is 5.29. The third kappa shape index (κ3) is 3.47. The first-order valence-corrected chi connectivity index (χ1v) is 8.05. The third-order valence-corrected chi connectivity index (χ3v) is 4.83. The van der Waals surface area contributed by atoms with Gasteiger partial charge in [-0.2, -0.15) is 0 Å². The minimum Gasteiger partial charge on any atom is -0.497 e. The van der Waals surface area contributed by atoms with Gasteiger partial charge in [0.25, 0.3) is 0 Å². The SMILES string of the molecule is COc1ccc(/C=C/CN2C[C@@H]3CCCN3C[C@H]2C)cc1. The van der Waals surface area contributed by atoms with Crippen molar-refractivity contribution in [2.45, 2.75) is 31.8 Å². The molecule has 2 aliphatic rings. The maximum absolute atomic E-state index is 5.19. The van der Waals surface area contributed by atoms with Crippen molar-refractivity contribution in [3.63, 3.8) is 0 Å². The monoisotopic (exact) mass is 286 g/mol. The number of hydrogen-bond donors (Lipinski definition) is 0. The van der Waals surface area contributed by atoms with E-state index >= 15 is 0 Å². The third-order valence-electron chi connectivity index (χ3n) is 4.83. The lowest BCUT2D eigenvalue weighted by Gasteiger charge is -2.41. The lowest BCUT2D eigenvalue weighted by Crippen LogP contribution is -2.54. The maximum Gasteiger partial charge on any atom is 0.118 e. The molecule has 1 aromatic carbocycles. The molecule has 0 saturated carbocycles. The van der Waals surface area contributed by atoms with E-state index in [1.807, 2.05) is 12.1 Å². The minimum atomic E-state index is 0.667. The van der Waals surface area contributed by atoms with Gasteiger partial charge in [-0.15, -0.1) is 0 Å². The molecule has 0 spiro atoms. The molecule has 0 aliphatic carbocycles. The van der Waals surface area contributed by atoms with Crippen LogP contribution in [0.5, 0.6) is 5.75 Å². The van der Waals surface area contributed by atoms with E-state index < -0.39 is 0 Å². The van der Waals surface area contributed by atoms with Crippen LogP contribution in [0.2, 0.25) is 0 Å². The first kappa shape index (κ1) is 14.6. The van der Waals surface area contributed by atoms with Crippen molar-refractivity contribution < 1.29 is 4.74 Å². The Morgan fingerprint density at radius 2 is 2.05 bits per heavy atom. The van der Waals surface area contributed by atoms with Gasteiger partial charge in [0, 0.05) is 31.7 Å². The zero-order valence-electron chi connectivity index (χ0n) is 13.2.